The molecule has 5 nitrogen and oxygen atoms in total. The molecule has 2 heterocycles. The van der Waals surface area contributed by atoms with Crippen LogP contribution in [0.3, 0.4) is 0 Å². The Hall–Kier alpha value is -1.88. The third-order valence-corrected chi connectivity index (χ3v) is 5.80. The van der Waals surface area contributed by atoms with Crippen molar-refractivity contribution >= 4 is 11.8 Å². The summed E-state index contributed by atoms with van der Waals surface area (Å²) in [6, 6.07) is 10.3. The highest BCUT2D eigenvalue weighted by Crippen LogP contribution is 2.21. The first-order valence-electron chi connectivity index (χ1n) is 9.85. The van der Waals surface area contributed by atoms with Crippen molar-refractivity contribution in [2.45, 2.75) is 45.2 Å². The fourth-order valence-corrected chi connectivity index (χ4v) is 4.18. The van der Waals surface area contributed by atoms with Gasteiger partial charge in [-0.1, -0.05) is 30.3 Å². The molecule has 0 N–H and O–H groups in total. The SMILES string of the molecule is C[C@H](C(=O)N(C)CC1CCN(Cc2ccccc2)CC1)N1CCCC1=O. The minimum atomic E-state index is -0.326. The Morgan fingerprint density at radius 3 is 2.50 bits per heavy atom. The topological polar surface area (TPSA) is 43.9 Å². The molecule has 1 aromatic rings. The third-order valence-electron chi connectivity index (χ3n) is 5.80. The van der Waals surface area contributed by atoms with E-state index in [2.05, 4.69) is 35.2 Å². The molecule has 26 heavy (non-hydrogen) atoms. The summed E-state index contributed by atoms with van der Waals surface area (Å²) >= 11 is 0. The lowest BCUT2D eigenvalue weighted by atomic mass is 9.95. The first-order chi connectivity index (χ1) is 12.5. The minimum Gasteiger partial charge on any atom is -0.344 e. The second-order valence-electron chi connectivity index (χ2n) is 7.79. The monoisotopic (exact) mass is 357 g/mol. The molecule has 2 saturated heterocycles. The number of hydrogen-bond acceptors (Lipinski definition) is 3. The second kappa shape index (κ2) is 8.67. The van der Waals surface area contributed by atoms with E-state index in [9.17, 15) is 9.59 Å². The lowest BCUT2D eigenvalue weighted by molar-refractivity contribution is -0.142. The lowest BCUT2D eigenvalue weighted by Gasteiger charge is -2.35. The first-order valence-corrected chi connectivity index (χ1v) is 9.85. The molecule has 5 heteroatoms. The molecule has 2 aliphatic rings. The fraction of sp³-hybridized carbons (Fsp3) is 0.619. The Labute approximate surface area is 156 Å². The largest absolute Gasteiger partial charge is 0.344 e. The van der Waals surface area contributed by atoms with Crippen molar-refractivity contribution in [1.29, 1.82) is 0 Å². The maximum absolute atomic E-state index is 12.7. The Balaban J connectivity index is 1.43. The fourth-order valence-electron chi connectivity index (χ4n) is 4.18. The molecule has 142 valence electrons. The van der Waals surface area contributed by atoms with Crippen molar-refractivity contribution in [2.75, 3.05) is 33.2 Å². The summed E-state index contributed by atoms with van der Waals surface area (Å²) in [5.41, 5.74) is 1.36. The van der Waals surface area contributed by atoms with E-state index in [0.29, 0.717) is 12.3 Å². The van der Waals surface area contributed by atoms with Crippen molar-refractivity contribution in [2.24, 2.45) is 5.92 Å². The molecule has 3 rings (SSSR count). The van der Waals surface area contributed by atoms with Gasteiger partial charge >= 0.3 is 0 Å². The van der Waals surface area contributed by atoms with Gasteiger partial charge in [0.05, 0.1) is 0 Å². The van der Waals surface area contributed by atoms with Gasteiger partial charge in [-0.15, -0.1) is 0 Å². The highest BCUT2D eigenvalue weighted by molar-refractivity contribution is 5.88. The van der Waals surface area contributed by atoms with E-state index in [1.54, 1.807) is 4.90 Å². The average Bonchev–Trinajstić information content (AvgIpc) is 3.09. The molecular formula is C21H31N3O2. The number of carbonyl (C=O) groups is 2. The number of nitrogens with zero attached hydrogens (tertiary/aromatic N) is 3. The highest BCUT2D eigenvalue weighted by Gasteiger charge is 2.32. The molecule has 0 aromatic heterocycles. The van der Waals surface area contributed by atoms with E-state index < -0.39 is 0 Å². The van der Waals surface area contributed by atoms with Gasteiger partial charge in [0, 0.05) is 33.1 Å². The molecule has 0 saturated carbocycles. The summed E-state index contributed by atoms with van der Waals surface area (Å²) in [6.45, 7) is 6.56. The Kier molecular flexibility index (Phi) is 6.30. The van der Waals surface area contributed by atoms with Crippen molar-refractivity contribution in [1.82, 2.24) is 14.7 Å². The highest BCUT2D eigenvalue weighted by atomic mass is 16.2. The molecule has 0 aliphatic carbocycles. The number of hydrogen-bond donors (Lipinski definition) is 0. The molecule has 2 aliphatic heterocycles. The second-order valence-corrected chi connectivity index (χ2v) is 7.79. The van der Waals surface area contributed by atoms with Crippen LogP contribution in [0.2, 0.25) is 0 Å². The van der Waals surface area contributed by atoms with E-state index in [4.69, 9.17) is 0 Å². The van der Waals surface area contributed by atoms with Crippen LogP contribution >= 0.6 is 0 Å². The van der Waals surface area contributed by atoms with Crippen molar-refractivity contribution in [3.05, 3.63) is 35.9 Å². The van der Waals surface area contributed by atoms with Gasteiger partial charge in [-0.25, -0.2) is 0 Å². The van der Waals surface area contributed by atoms with E-state index >= 15 is 0 Å². The van der Waals surface area contributed by atoms with E-state index in [1.165, 1.54) is 5.56 Å². The number of amides is 2. The summed E-state index contributed by atoms with van der Waals surface area (Å²) in [5, 5.41) is 0. The maximum atomic E-state index is 12.7. The molecule has 1 atom stereocenters. The van der Waals surface area contributed by atoms with Gasteiger partial charge in [0.2, 0.25) is 11.8 Å². The van der Waals surface area contributed by atoms with Crippen molar-refractivity contribution < 1.29 is 9.59 Å². The van der Waals surface area contributed by atoms with Crippen LogP contribution in [0.15, 0.2) is 30.3 Å². The van der Waals surface area contributed by atoms with E-state index in [1.807, 2.05) is 18.9 Å². The standard InChI is InChI=1S/C21H31N3O2/c1-17(24-12-6-9-20(24)25)21(26)22(2)15-19-10-13-23(14-11-19)16-18-7-4-3-5-8-18/h3-5,7-8,17,19H,6,9-16H2,1-2H3/t17-/m1/s1. The van der Waals surface area contributed by atoms with Crippen LogP contribution in [0.1, 0.15) is 38.2 Å². The van der Waals surface area contributed by atoms with Crippen LogP contribution in [-0.4, -0.2) is 65.8 Å². The molecule has 0 spiro atoms. The van der Waals surface area contributed by atoms with Crippen LogP contribution < -0.4 is 0 Å². The molecular weight excluding hydrogens is 326 g/mol. The van der Waals surface area contributed by atoms with Crippen LogP contribution in [0.4, 0.5) is 0 Å². The summed E-state index contributed by atoms with van der Waals surface area (Å²) in [4.78, 5) is 30.6. The van der Waals surface area contributed by atoms with Crippen LogP contribution in [-0.2, 0) is 16.1 Å². The molecule has 0 bridgehead atoms. The van der Waals surface area contributed by atoms with E-state index in [0.717, 1.165) is 52.0 Å². The Morgan fingerprint density at radius 1 is 1.19 bits per heavy atom. The van der Waals surface area contributed by atoms with Crippen LogP contribution in [0.25, 0.3) is 0 Å². The number of likely N-dealkylation sites (tertiary alicyclic amines) is 2. The lowest BCUT2D eigenvalue weighted by Crippen LogP contribution is -2.48. The summed E-state index contributed by atoms with van der Waals surface area (Å²) in [5.74, 6) is 0.748. The molecule has 2 fully saturated rings. The normalized spacial score (nSPS) is 20.4. The zero-order valence-electron chi connectivity index (χ0n) is 16.1. The quantitative estimate of drug-likeness (QED) is 0.785. The van der Waals surface area contributed by atoms with Gasteiger partial charge in [0.25, 0.3) is 0 Å². The van der Waals surface area contributed by atoms with Crippen molar-refractivity contribution in [3.8, 4) is 0 Å². The maximum Gasteiger partial charge on any atom is 0.244 e. The van der Waals surface area contributed by atoms with Crippen LogP contribution in [0.5, 0.6) is 0 Å². The average molecular weight is 357 g/mol. The number of likely N-dealkylation sites (N-methyl/N-ethyl adjacent to an activating group) is 1. The minimum absolute atomic E-state index is 0.0759. The van der Waals surface area contributed by atoms with Gasteiger partial charge in [0.1, 0.15) is 6.04 Å². The van der Waals surface area contributed by atoms with Gasteiger partial charge in [0.15, 0.2) is 0 Å². The number of piperidine rings is 1. The smallest absolute Gasteiger partial charge is 0.244 e. The van der Waals surface area contributed by atoms with Gasteiger partial charge in [-0.2, -0.15) is 0 Å². The van der Waals surface area contributed by atoms with Gasteiger partial charge in [-0.3, -0.25) is 14.5 Å². The predicted octanol–water partition coefficient (Wildman–Crippen LogP) is 2.37. The van der Waals surface area contributed by atoms with Crippen LogP contribution in [0, 0.1) is 5.92 Å². The first kappa shape index (κ1) is 18.9. The number of rotatable bonds is 6. The van der Waals surface area contributed by atoms with Gasteiger partial charge in [-0.05, 0) is 50.8 Å². The summed E-state index contributed by atoms with van der Waals surface area (Å²) < 4.78 is 0. The van der Waals surface area contributed by atoms with Crippen molar-refractivity contribution in [3.63, 3.8) is 0 Å². The van der Waals surface area contributed by atoms with Gasteiger partial charge < -0.3 is 9.80 Å². The molecule has 0 radical (unpaired) electrons. The Morgan fingerprint density at radius 2 is 1.88 bits per heavy atom. The van der Waals surface area contributed by atoms with E-state index in [-0.39, 0.29) is 17.9 Å². The third kappa shape index (κ3) is 4.64. The number of carbonyl (C=O) groups excluding carboxylic acids is 2. The summed E-state index contributed by atoms with van der Waals surface area (Å²) in [6.07, 6.45) is 3.71. The predicted molar refractivity (Wildman–Crippen MR) is 102 cm³/mol. The Bertz CT molecular complexity index is 611. The zero-order chi connectivity index (χ0) is 18.5. The molecule has 1 aromatic carbocycles. The summed E-state index contributed by atoms with van der Waals surface area (Å²) in [7, 11) is 1.88. The molecule has 2 amide bonds. The molecule has 0 unspecified atom stereocenters. The zero-order valence-corrected chi connectivity index (χ0v) is 16.1. The number of benzene rings is 1.